The van der Waals surface area contributed by atoms with Gasteiger partial charge in [0.15, 0.2) is 0 Å². The number of ether oxygens (including phenoxy) is 1. The molecular weight excluding hydrogens is 264 g/mol. The van der Waals surface area contributed by atoms with Gasteiger partial charge >= 0.3 is 5.97 Å². The number of benzene rings is 1. The zero-order chi connectivity index (χ0) is 14.8. The first kappa shape index (κ1) is 14.2. The third kappa shape index (κ3) is 2.85. The van der Waals surface area contributed by atoms with Gasteiger partial charge in [0.1, 0.15) is 0 Å². The number of para-hydroxylation sites is 1. The van der Waals surface area contributed by atoms with Crippen molar-refractivity contribution in [1.29, 1.82) is 0 Å². The predicted molar refractivity (Wildman–Crippen MR) is 84.2 cm³/mol. The predicted octanol–water partition coefficient (Wildman–Crippen LogP) is 3.29. The van der Waals surface area contributed by atoms with E-state index >= 15 is 0 Å². The number of anilines is 2. The summed E-state index contributed by atoms with van der Waals surface area (Å²) >= 11 is 0. The van der Waals surface area contributed by atoms with Crippen LogP contribution in [0.4, 0.5) is 11.4 Å². The van der Waals surface area contributed by atoms with Crippen LogP contribution in [0.3, 0.4) is 0 Å². The second-order valence-corrected chi connectivity index (χ2v) is 6.31. The van der Waals surface area contributed by atoms with E-state index in [0.29, 0.717) is 17.9 Å². The highest BCUT2D eigenvalue weighted by Gasteiger charge is 2.39. The van der Waals surface area contributed by atoms with Crippen molar-refractivity contribution in [3.05, 3.63) is 23.8 Å². The van der Waals surface area contributed by atoms with E-state index in [9.17, 15) is 4.79 Å². The highest BCUT2D eigenvalue weighted by molar-refractivity contribution is 5.98. The number of carbonyl (C=O) groups is 1. The van der Waals surface area contributed by atoms with Crippen molar-refractivity contribution in [2.24, 2.45) is 17.8 Å². The third-order valence-corrected chi connectivity index (χ3v) is 5.02. The first-order chi connectivity index (χ1) is 10.2. The van der Waals surface area contributed by atoms with Gasteiger partial charge in [-0.15, -0.1) is 0 Å². The quantitative estimate of drug-likeness (QED) is 0.644. The van der Waals surface area contributed by atoms with Crippen LogP contribution in [0.15, 0.2) is 18.2 Å². The van der Waals surface area contributed by atoms with Crippen molar-refractivity contribution in [2.75, 3.05) is 24.2 Å². The molecule has 2 bridgehead atoms. The van der Waals surface area contributed by atoms with E-state index in [1.165, 1.54) is 25.7 Å². The van der Waals surface area contributed by atoms with E-state index in [2.05, 4.69) is 5.32 Å². The number of hydrogen-bond acceptors (Lipinski definition) is 4. The maximum Gasteiger partial charge on any atom is 0.340 e. The Morgan fingerprint density at radius 1 is 1.38 bits per heavy atom. The molecule has 3 atom stereocenters. The van der Waals surface area contributed by atoms with Crippen molar-refractivity contribution in [3.8, 4) is 0 Å². The number of hydrogen-bond donors (Lipinski definition) is 2. The second-order valence-electron chi connectivity index (χ2n) is 6.31. The van der Waals surface area contributed by atoms with Crippen LogP contribution in [0.5, 0.6) is 0 Å². The van der Waals surface area contributed by atoms with Crippen LogP contribution in [-0.2, 0) is 4.74 Å². The fourth-order valence-electron chi connectivity index (χ4n) is 4.01. The summed E-state index contributed by atoms with van der Waals surface area (Å²) in [5, 5.41) is 3.42. The lowest BCUT2D eigenvalue weighted by Crippen LogP contribution is -2.22. The molecule has 0 amide bonds. The minimum Gasteiger partial charge on any atom is -0.462 e. The molecule has 1 aromatic carbocycles. The standard InChI is InChI=1S/C17H24N2O2/c1-2-21-17(20)14-4-3-5-15(18)16(14)19-10-13-9-11-6-7-12(13)8-11/h3-5,11-13,19H,2,6-10,18H2,1H3. The molecule has 21 heavy (non-hydrogen) atoms. The highest BCUT2D eigenvalue weighted by Crippen LogP contribution is 2.48. The molecule has 0 aromatic heterocycles. The van der Waals surface area contributed by atoms with E-state index in [1.807, 2.05) is 13.0 Å². The second kappa shape index (κ2) is 5.96. The molecule has 0 spiro atoms. The van der Waals surface area contributed by atoms with Crippen LogP contribution in [0.2, 0.25) is 0 Å². The summed E-state index contributed by atoms with van der Waals surface area (Å²) in [6.45, 7) is 3.09. The third-order valence-electron chi connectivity index (χ3n) is 5.02. The number of rotatable bonds is 5. The molecule has 0 aliphatic heterocycles. The maximum atomic E-state index is 12.0. The van der Waals surface area contributed by atoms with E-state index in [-0.39, 0.29) is 5.97 Å². The molecule has 4 nitrogen and oxygen atoms in total. The summed E-state index contributed by atoms with van der Waals surface area (Å²) in [6.07, 6.45) is 5.48. The molecule has 3 rings (SSSR count). The Bertz CT molecular complexity index is 530. The molecule has 2 aliphatic rings. The molecule has 114 valence electrons. The van der Waals surface area contributed by atoms with Gasteiger partial charge < -0.3 is 15.8 Å². The molecule has 0 radical (unpaired) electrons. The average molecular weight is 288 g/mol. The van der Waals surface area contributed by atoms with Crippen LogP contribution in [-0.4, -0.2) is 19.1 Å². The summed E-state index contributed by atoms with van der Waals surface area (Å²) in [4.78, 5) is 12.0. The Labute approximate surface area is 126 Å². The Hall–Kier alpha value is -1.71. The van der Waals surface area contributed by atoms with E-state index in [4.69, 9.17) is 10.5 Å². The van der Waals surface area contributed by atoms with Gasteiger partial charge in [-0.2, -0.15) is 0 Å². The minimum atomic E-state index is -0.305. The number of nitrogens with two attached hydrogens (primary N) is 1. The van der Waals surface area contributed by atoms with Gasteiger partial charge in [0, 0.05) is 6.54 Å². The Morgan fingerprint density at radius 3 is 2.90 bits per heavy atom. The summed E-state index contributed by atoms with van der Waals surface area (Å²) in [7, 11) is 0. The zero-order valence-corrected chi connectivity index (χ0v) is 12.6. The fourth-order valence-corrected chi connectivity index (χ4v) is 4.01. The molecule has 2 aliphatic carbocycles. The Morgan fingerprint density at radius 2 is 2.24 bits per heavy atom. The van der Waals surface area contributed by atoms with Gasteiger partial charge in [0.25, 0.3) is 0 Å². The van der Waals surface area contributed by atoms with E-state index < -0.39 is 0 Å². The number of esters is 1. The fraction of sp³-hybridized carbons (Fsp3) is 0.588. The Balaban J connectivity index is 1.70. The summed E-state index contributed by atoms with van der Waals surface area (Å²) in [5.74, 6) is 2.21. The Kier molecular flexibility index (Phi) is 4.04. The average Bonchev–Trinajstić information content (AvgIpc) is 3.08. The van der Waals surface area contributed by atoms with E-state index in [1.54, 1.807) is 12.1 Å². The van der Waals surface area contributed by atoms with Gasteiger partial charge in [0.05, 0.1) is 23.5 Å². The van der Waals surface area contributed by atoms with Gasteiger partial charge in [-0.05, 0) is 56.1 Å². The molecular formula is C17H24N2O2. The van der Waals surface area contributed by atoms with Crippen LogP contribution in [0.25, 0.3) is 0 Å². The number of carbonyl (C=O) groups excluding carboxylic acids is 1. The molecule has 0 saturated heterocycles. The van der Waals surface area contributed by atoms with Crippen LogP contribution < -0.4 is 11.1 Å². The van der Waals surface area contributed by atoms with Crippen molar-refractivity contribution < 1.29 is 9.53 Å². The maximum absolute atomic E-state index is 12.0. The first-order valence-corrected chi connectivity index (χ1v) is 7.98. The molecule has 1 aromatic rings. The van der Waals surface area contributed by atoms with Crippen molar-refractivity contribution in [3.63, 3.8) is 0 Å². The first-order valence-electron chi connectivity index (χ1n) is 7.98. The van der Waals surface area contributed by atoms with Crippen LogP contribution >= 0.6 is 0 Å². The van der Waals surface area contributed by atoms with Gasteiger partial charge in [-0.25, -0.2) is 4.79 Å². The molecule has 0 heterocycles. The van der Waals surface area contributed by atoms with Gasteiger partial charge in [0.2, 0.25) is 0 Å². The summed E-state index contributed by atoms with van der Waals surface area (Å²) in [5.41, 5.74) is 7.94. The van der Waals surface area contributed by atoms with Gasteiger partial charge in [-0.1, -0.05) is 12.5 Å². The normalized spacial score (nSPS) is 26.8. The van der Waals surface area contributed by atoms with Crippen LogP contribution in [0, 0.1) is 17.8 Å². The lowest BCUT2D eigenvalue weighted by atomic mass is 9.89. The van der Waals surface area contributed by atoms with Crippen molar-refractivity contribution in [2.45, 2.75) is 32.6 Å². The summed E-state index contributed by atoms with van der Waals surface area (Å²) in [6, 6.07) is 5.40. The molecule has 2 saturated carbocycles. The zero-order valence-electron chi connectivity index (χ0n) is 12.6. The summed E-state index contributed by atoms with van der Waals surface area (Å²) < 4.78 is 5.11. The number of nitrogen functional groups attached to an aromatic ring is 1. The lowest BCUT2D eigenvalue weighted by Gasteiger charge is -2.23. The van der Waals surface area contributed by atoms with Gasteiger partial charge in [-0.3, -0.25) is 0 Å². The lowest BCUT2D eigenvalue weighted by molar-refractivity contribution is 0.0527. The molecule has 2 fully saturated rings. The largest absolute Gasteiger partial charge is 0.462 e. The monoisotopic (exact) mass is 288 g/mol. The van der Waals surface area contributed by atoms with Crippen molar-refractivity contribution >= 4 is 17.3 Å². The minimum absolute atomic E-state index is 0.305. The van der Waals surface area contributed by atoms with E-state index in [0.717, 1.165) is 30.0 Å². The number of fused-ring (bicyclic) bond motifs is 2. The number of nitrogens with one attached hydrogen (secondary N) is 1. The topological polar surface area (TPSA) is 64.3 Å². The molecule has 3 N–H and O–H groups in total. The van der Waals surface area contributed by atoms with Crippen LogP contribution in [0.1, 0.15) is 43.0 Å². The molecule has 3 unspecified atom stereocenters. The highest BCUT2D eigenvalue weighted by atomic mass is 16.5. The SMILES string of the molecule is CCOC(=O)c1cccc(N)c1NCC1CC2CCC1C2. The molecule has 4 heteroatoms. The van der Waals surface area contributed by atoms with Crippen molar-refractivity contribution in [1.82, 2.24) is 0 Å². The smallest absolute Gasteiger partial charge is 0.340 e.